The van der Waals surface area contributed by atoms with Gasteiger partial charge < -0.3 is 14.1 Å². The number of carbonyl (C=O) groups excluding carboxylic acids is 2. The van der Waals surface area contributed by atoms with Gasteiger partial charge in [0.15, 0.2) is 5.76 Å². The van der Waals surface area contributed by atoms with Crippen LogP contribution in [0, 0.1) is 0 Å². The minimum atomic E-state index is -0.397. The van der Waals surface area contributed by atoms with Crippen LogP contribution >= 0.6 is 11.3 Å². The number of hydrogen-bond donors (Lipinski definition) is 0. The molecule has 170 valence electrons. The highest BCUT2D eigenvalue weighted by molar-refractivity contribution is 7.20. The molecule has 3 aromatic heterocycles. The number of hydrogen-bond acceptors (Lipinski definition) is 8. The molecule has 0 bridgehead atoms. The number of rotatable bonds is 6. The lowest BCUT2D eigenvalue weighted by Crippen LogP contribution is -2.48. The summed E-state index contributed by atoms with van der Waals surface area (Å²) in [5.74, 6) is -0.153. The second-order valence-electron chi connectivity index (χ2n) is 7.65. The summed E-state index contributed by atoms with van der Waals surface area (Å²) in [6.07, 6.45) is 3.06. The Labute approximate surface area is 194 Å². The van der Waals surface area contributed by atoms with E-state index in [1.807, 2.05) is 24.3 Å². The monoisotopic (exact) mass is 465 g/mol. The lowest BCUT2D eigenvalue weighted by molar-refractivity contribution is 0.0522. The largest absolute Gasteiger partial charge is 0.462 e. The quantitative estimate of drug-likeness (QED) is 0.404. The number of ether oxygens (including phenoxy) is 1. The van der Waals surface area contributed by atoms with E-state index in [1.54, 1.807) is 34.8 Å². The fourth-order valence-electron chi connectivity index (χ4n) is 3.90. The smallest absolute Gasteiger partial charge is 0.341 e. The van der Waals surface area contributed by atoms with Crippen LogP contribution in [-0.4, -0.2) is 69.2 Å². The summed E-state index contributed by atoms with van der Waals surface area (Å²) in [7, 11) is 0. The van der Waals surface area contributed by atoms with Crippen molar-refractivity contribution in [2.45, 2.75) is 13.5 Å². The molecule has 4 heterocycles. The van der Waals surface area contributed by atoms with Crippen molar-refractivity contribution < 1.29 is 18.7 Å². The SMILES string of the molecule is CCOC(=O)c1cnn(-c2nc3ccccc3s2)c1CN1CCN(C(=O)c2ccco2)CC1. The van der Waals surface area contributed by atoms with Gasteiger partial charge in [0.25, 0.3) is 5.91 Å². The number of esters is 1. The normalized spacial score (nSPS) is 14.6. The first kappa shape index (κ1) is 21.4. The van der Waals surface area contributed by atoms with Gasteiger partial charge in [0.2, 0.25) is 5.13 Å². The van der Waals surface area contributed by atoms with Crippen molar-refractivity contribution in [2.75, 3.05) is 32.8 Å². The van der Waals surface area contributed by atoms with E-state index in [2.05, 4.69) is 10.00 Å². The zero-order valence-electron chi connectivity index (χ0n) is 18.1. The highest BCUT2D eigenvalue weighted by Crippen LogP contribution is 2.27. The van der Waals surface area contributed by atoms with E-state index in [4.69, 9.17) is 14.1 Å². The number of nitrogens with zero attached hydrogens (tertiary/aromatic N) is 5. The zero-order chi connectivity index (χ0) is 22.8. The van der Waals surface area contributed by atoms with Crippen LogP contribution in [0.25, 0.3) is 15.3 Å². The zero-order valence-corrected chi connectivity index (χ0v) is 19.0. The third kappa shape index (κ3) is 4.27. The van der Waals surface area contributed by atoms with Crippen LogP contribution in [-0.2, 0) is 11.3 Å². The maximum absolute atomic E-state index is 12.6. The van der Waals surface area contributed by atoms with E-state index >= 15 is 0 Å². The van der Waals surface area contributed by atoms with Crippen LogP contribution < -0.4 is 0 Å². The van der Waals surface area contributed by atoms with Crippen molar-refractivity contribution in [1.82, 2.24) is 24.6 Å². The average molecular weight is 466 g/mol. The van der Waals surface area contributed by atoms with Gasteiger partial charge in [-0.15, -0.1) is 0 Å². The maximum atomic E-state index is 12.6. The Bertz CT molecular complexity index is 1240. The molecule has 5 rings (SSSR count). The molecule has 0 radical (unpaired) electrons. The summed E-state index contributed by atoms with van der Waals surface area (Å²) in [5, 5.41) is 5.19. The van der Waals surface area contributed by atoms with E-state index in [-0.39, 0.29) is 12.5 Å². The van der Waals surface area contributed by atoms with Gasteiger partial charge >= 0.3 is 5.97 Å². The second kappa shape index (κ2) is 9.16. The highest BCUT2D eigenvalue weighted by atomic mass is 32.1. The van der Waals surface area contributed by atoms with Crippen LogP contribution in [0.5, 0.6) is 0 Å². The van der Waals surface area contributed by atoms with Crippen LogP contribution in [0.3, 0.4) is 0 Å². The third-order valence-corrected chi connectivity index (χ3v) is 6.60. The average Bonchev–Trinajstić information content (AvgIpc) is 3.58. The van der Waals surface area contributed by atoms with Gasteiger partial charge in [0, 0.05) is 32.7 Å². The van der Waals surface area contributed by atoms with Gasteiger partial charge in [0.05, 0.1) is 35.0 Å². The molecule has 9 nitrogen and oxygen atoms in total. The number of fused-ring (bicyclic) bond motifs is 1. The summed E-state index contributed by atoms with van der Waals surface area (Å²) >= 11 is 1.52. The predicted octanol–water partition coefficient (Wildman–Crippen LogP) is 3.21. The first-order chi connectivity index (χ1) is 16.1. The van der Waals surface area contributed by atoms with Crippen molar-refractivity contribution in [2.24, 2.45) is 0 Å². The number of aromatic nitrogens is 3. The van der Waals surface area contributed by atoms with Crippen LogP contribution in [0.2, 0.25) is 0 Å². The lowest BCUT2D eigenvalue weighted by Gasteiger charge is -2.34. The van der Waals surface area contributed by atoms with Crippen LogP contribution in [0.4, 0.5) is 0 Å². The minimum Gasteiger partial charge on any atom is -0.462 e. The highest BCUT2D eigenvalue weighted by Gasteiger charge is 2.27. The number of amides is 1. The first-order valence-corrected chi connectivity index (χ1v) is 11.6. The Morgan fingerprint density at radius 3 is 2.67 bits per heavy atom. The Morgan fingerprint density at radius 2 is 1.94 bits per heavy atom. The van der Waals surface area contributed by atoms with Gasteiger partial charge in [-0.25, -0.2) is 14.5 Å². The fraction of sp³-hybridized carbons (Fsp3) is 0.304. The molecule has 0 saturated carbocycles. The van der Waals surface area contributed by atoms with Crippen molar-refractivity contribution >= 4 is 33.4 Å². The lowest BCUT2D eigenvalue weighted by atomic mass is 10.2. The standard InChI is InChI=1S/C23H23N5O4S/c1-2-31-22(30)16-14-24-28(23-25-17-6-3-4-8-20(17)33-23)18(16)15-26-9-11-27(12-10-26)21(29)19-7-5-13-32-19/h3-8,13-14H,2,9-12,15H2,1H3. The molecule has 0 spiro atoms. The molecule has 1 amide bonds. The van der Waals surface area contributed by atoms with E-state index in [0.717, 1.165) is 15.9 Å². The molecular weight excluding hydrogens is 442 g/mol. The fourth-order valence-corrected chi connectivity index (χ4v) is 4.85. The minimum absolute atomic E-state index is 0.105. The summed E-state index contributed by atoms with van der Waals surface area (Å²) in [5.41, 5.74) is 2.06. The van der Waals surface area contributed by atoms with E-state index in [9.17, 15) is 9.59 Å². The summed E-state index contributed by atoms with van der Waals surface area (Å²) in [4.78, 5) is 33.9. The molecule has 1 saturated heterocycles. The predicted molar refractivity (Wildman–Crippen MR) is 123 cm³/mol. The Balaban J connectivity index is 1.38. The molecule has 33 heavy (non-hydrogen) atoms. The number of para-hydroxylation sites is 1. The summed E-state index contributed by atoms with van der Waals surface area (Å²) in [6, 6.07) is 11.3. The van der Waals surface area contributed by atoms with Crippen LogP contribution in [0.1, 0.15) is 33.5 Å². The number of benzene rings is 1. The Kier molecular flexibility index (Phi) is 5.93. The van der Waals surface area contributed by atoms with Crippen molar-refractivity contribution in [1.29, 1.82) is 0 Å². The van der Waals surface area contributed by atoms with Gasteiger partial charge in [-0.1, -0.05) is 23.5 Å². The molecule has 0 unspecified atom stereocenters. The molecule has 1 aliphatic rings. The van der Waals surface area contributed by atoms with Gasteiger partial charge in [0.1, 0.15) is 5.56 Å². The number of thiazole rings is 1. The van der Waals surface area contributed by atoms with Crippen molar-refractivity contribution in [3.8, 4) is 5.13 Å². The molecule has 0 atom stereocenters. The van der Waals surface area contributed by atoms with Gasteiger partial charge in [-0.05, 0) is 31.2 Å². The van der Waals surface area contributed by atoms with Gasteiger partial charge in [-0.2, -0.15) is 5.10 Å². The van der Waals surface area contributed by atoms with Crippen LogP contribution in [0.15, 0.2) is 53.3 Å². The van der Waals surface area contributed by atoms with E-state index in [1.165, 1.54) is 17.6 Å². The molecular formula is C23H23N5O4S. The Morgan fingerprint density at radius 1 is 1.12 bits per heavy atom. The molecule has 10 heteroatoms. The third-order valence-electron chi connectivity index (χ3n) is 5.59. The topological polar surface area (TPSA) is 93.7 Å². The number of carbonyl (C=O) groups is 2. The van der Waals surface area contributed by atoms with E-state index in [0.29, 0.717) is 49.2 Å². The summed E-state index contributed by atoms with van der Waals surface area (Å²) < 4.78 is 13.3. The Hall–Kier alpha value is -3.50. The van der Waals surface area contributed by atoms with Crippen molar-refractivity contribution in [3.63, 3.8) is 0 Å². The summed E-state index contributed by atoms with van der Waals surface area (Å²) in [6.45, 7) is 5.04. The first-order valence-electron chi connectivity index (χ1n) is 10.8. The molecule has 1 aromatic carbocycles. The molecule has 0 N–H and O–H groups in total. The van der Waals surface area contributed by atoms with E-state index < -0.39 is 5.97 Å². The second-order valence-corrected chi connectivity index (χ2v) is 8.66. The number of furan rings is 1. The maximum Gasteiger partial charge on any atom is 0.341 e. The molecule has 1 fully saturated rings. The van der Waals surface area contributed by atoms with Crippen molar-refractivity contribution in [3.05, 3.63) is 65.9 Å². The molecule has 0 aliphatic carbocycles. The molecule has 4 aromatic rings. The molecule has 1 aliphatic heterocycles. The number of piperazine rings is 1. The van der Waals surface area contributed by atoms with Gasteiger partial charge in [-0.3, -0.25) is 9.69 Å².